The maximum absolute atomic E-state index is 13.1. The second-order valence-corrected chi connectivity index (χ2v) is 12.9. The minimum Gasteiger partial charge on any atom is -0.417 e. The van der Waals surface area contributed by atoms with Crippen molar-refractivity contribution in [3.63, 3.8) is 0 Å². The van der Waals surface area contributed by atoms with Crippen LogP contribution in [-0.4, -0.2) is 69.4 Å². The van der Waals surface area contributed by atoms with Gasteiger partial charge in [0, 0.05) is 23.0 Å². The third-order valence-electron chi connectivity index (χ3n) is 6.67. The summed E-state index contributed by atoms with van der Waals surface area (Å²) >= 11 is 1.44. The van der Waals surface area contributed by atoms with E-state index in [0.717, 1.165) is 4.90 Å². The summed E-state index contributed by atoms with van der Waals surface area (Å²) in [7, 11) is -3.76. The topological polar surface area (TPSA) is 180 Å². The number of carbonyl (C=O) groups is 3. The van der Waals surface area contributed by atoms with Crippen molar-refractivity contribution in [2.45, 2.75) is 53.7 Å². The van der Waals surface area contributed by atoms with Crippen LogP contribution < -0.4 is 31.6 Å². The van der Waals surface area contributed by atoms with Crippen LogP contribution in [0, 0.1) is 5.92 Å². The van der Waals surface area contributed by atoms with Gasteiger partial charge in [-0.3, -0.25) is 9.59 Å². The molecule has 248 valence electrons. The van der Waals surface area contributed by atoms with E-state index in [2.05, 4.69) is 20.1 Å². The molecule has 0 bridgehead atoms. The number of nitrogen functional groups attached to an aromatic ring is 1. The summed E-state index contributed by atoms with van der Waals surface area (Å²) in [5.74, 6) is -8.34. The SMILES string of the molecule is CSc1ccc(S(=O)(=O)C[C@@H]2CC[C@@H](N)C[C@@H]2NC(=O)CNC(=O)c2cc(OC(F)(F)F)cc(OC(=O)C(F)(F)F)c2N)cc1. The molecule has 6 N–H and O–H groups in total. The summed E-state index contributed by atoms with van der Waals surface area (Å²) in [5, 5.41) is 4.67. The lowest BCUT2D eigenvalue weighted by Crippen LogP contribution is -2.51. The fourth-order valence-corrected chi connectivity index (χ4v) is 6.65. The van der Waals surface area contributed by atoms with E-state index in [1.807, 2.05) is 6.26 Å². The maximum atomic E-state index is 13.1. The molecular weight excluding hydrogens is 658 g/mol. The molecule has 0 aliphatic heterocycles. The highest BCUT2D eigenvalue weighted by molar-refractivity contribution is 7.98. The third-order valence-corrected chi connectivity index (χ3v) is 9.27. The number of nitrogens with one attached hydrogen (secondary N) is 2. The molecule has 0 spiro atoms. The van der Waals surface area contributed by atoms with E-state index < -0.39 is 81.4 Å². The van der Waals surface area contributed by atoms with Crippen LogP contribution in [-0.2, 0) is 19.4 Å². The minimum atomic E-state index is -5.55. The molecule has 2 aromatic rings. The Balaban J connectivity index is 1.73. The first-order chi connectivity index (χ1) is 20.8. The quantitative estimate of drug-likeness (QED) is 0.0954. The molecule has 0 heterocycles. The Hall–Kier alpha value is -3.71. The van der Waals surface area contributed by atoms with E-state index in [1.54, 1.807) is 12.1 Å². The van der Waals surface area contributed by atoms with Crippen molar-refractivity contribution < 1.29 is 58.6 Å². The molecule has 0 saturated heterocycles. The molecule has 1 aliphatic carbocycles. The Morgan fingerprint density at radius 1 is 1.04 bits per heavy atom. The fraction of sp³-hybridized carbons (Fsp3) is 0.423. The van der Waals surface area contributed by atoms with Gasteiger partial charge in [0.2, 0.25) is 5.91 Å². The zero-order valence-electron chi connectivity index (χ0n) is 23.3. The molecule has 0 aromatic heterocycles. The van der Waals surface area contributed by atoms with Crippen LogP contribution in [0.3, 0.4) is 0 Å². The Kier molecular flexibility index (Phi) is 11.2. The highest BCUT2D eigenvalue weighted by atomic mass is 32.2. The van der Waals surface area contributed by atoms with E-state index in [1.165, 1.54) is 23.9 Å². The predicted molar refractivity (Wildman–Crippen MR) is 149 cm³/mol. The number of hydrogen-bond acceptors (Lipinski definition) is 10. The molecular formula is C26H28F6N4O7S2. The lowest BCUT2D eigenvalue weighted by Gasteiger charge is -2.35. The summed E-state index contributed by atoms with van der Waals surface area (Å²) in [6.45, 7) is -0.804. The van der Waals surface area contributed by atoms with Gasteiger partial charge < -0.3 is 31.6 Å². The predicted octanol–water partition coefficient (Wildman–Crippen LogP) is 3.17. The molecule has 1 saturated carbocycles. The zero-order valence-corrected chi connectivity index (χ0v) is 25.0. The van der Waals surface area contributed by atoms with Crippen molar-refractivity contribution >= 4 is 45.1 Å². The van der Waals surface area contributed by atoms with Gasteiger partial charge in [-0.1, -0.05) is 0 Å². The zero-order chi connectivity index (χ0) is 33.7. The average molecular weight is 687 g/mol. The average Bonchev–Trinajstić information content (AvgIpc) is 2.93. The monoisotopic (exact) mass is 686 g/mol. The number of nitrogens with two attached hydrogens (primary N) is 2. The van der Waals surface area contributed by atoms with Crippen molar-refractivity contribution in [2.24, 2.45) is 11.7 Å². The number of rotatable bonds is 10. The van der Waals surface area contributed by atoms with Gasteiger partial charge in [-0.25, -0.2) is 13.2 Å². The first-order valence-electron chi connectivity index (χ1n) is 13.0. The van der Waals surface area contributed by atoms with Gasteiger partial charge in [0.15, 0.2) is 15.6 Å². The summed E-state index contributed by atoms with van der Waals surface area (Å²) in [4.78, 5) is 37.7. The van der Waals surface area contributed by atoms with E-state index in [9.17, 15) is 49.1 Å². The molecule has 2 amide bonds. The summed E-state index contributed by atoms with van der Waals surface area (Å²) in [5.41, 5.74) is 9.79. The minimum absolute atomic E-state index is 0.0992. The maximum Gasteiger partial charge on any atom is 0.573 e. The summed E-state index contributed by atoms with van der Waals surface area (Å²) in [6, 6.07) is 5.86. The Morgan fingerprint density at radius 3 is 2.27 bits per heavy atom. The van der Waals surface area contributed by atoms with Crippen molar-refractivity contribution in [2.75, 3.05) is 24.3 Å². The van der Waals surface area contributed by atoms with Crippen LogP contribution in [0.25, 0.3) is 0 Å². The van der Waals surface area contributed by atoms with Gasteiger partial charge in [0.1, 0.15) is 5.75 Å². The lowest BCUT2D eigenvalue weighted by molar-refractivity contribution is -0.274. The number of hydrogen-bond donors (Lipinski definition) is 4. The summed E-state index contributed by atoms with van der Waals surface area (Å²) < 4.78 is 110. The van der Waals surface area contributed by atoms with Gasteiger partial charge in [0.25, 0.3) is 5.91 Å². The van der Waals surface area contributed by atoms with E-state index in [4.69, 9.17) is 11.5 Å². The molecule has 3 rings (SSSR count). The van der Waals surface area contributed by atoms with E-state index in [0.29, 0.717) is 18.9 Å². The van der Waals surface area contributed by atoms with Crippen LogP contribution in [0.2, 0.25) is 0 Å². The number of halogens is 6. The molecule has 2 aromatic carbocycles. The number of esters is 1. The van der Waals surface area contributed by atoms with Crippen LogP contribution in [0.4, 0.5) is 32.0 Å². The summed E-state index contributed by atoms with van der Waals surface area (Å²) in [6.07, 6.45) is -7.99. The standard InChI is InChI=1S/C26H28F6N4O7S2/c1-44-16-4-6-17(7-5-16)45(40,41)12-13-2-3-14(33)8-19(13)36-21(37)11-35-23(38)18-9-15(43-26(30,31)32)10-20(22(18)34)42-24(39)25(27,28)29/h4-7,9-10,13-14,19H,2-3,8,11-12,33-34H2,1H3,(H,35,38)(H,36,37)/t13-,14+,19-/m0/s1. The van der Waals surface area contributed by atoms with E-state index in [-0.39, 0.29) is 29.2 Å². The molecule has 0 radical (unpaired) electrons. The second kappa shape index (κ2) is 14.2. The van der Waals surface area contributed by atoms with Crippen LogP contribution in [0.1, 0.15) is 29.6 Å². The van der Waals surface area contributed by atoms with Gasteiger partial charge in [-0.15, -0.1) is 24.9 Å². The van der Waals surface area contributed by atoms with Gasteiger partial charge in [-0.05, 0) is 61.8 Å². The number of thioether (sulfide) groups is 1. The highest BCUT2D eigenvalue weighted by Crippen LogP contribution is 2.35. The number of ether oxygens (including phenoxy) is 2. The Morgan fingerprint density at radius 2 is 1.69 bits per heavy atom. The third kappa shape index (κ3) is 10.1. The molecule has 45 heavy (non-hydrogen) atoms. The first kappa shape index (κ1) is 35.8. The molecule has 0 unspecified atom stereocenters. The fourth-order valence-electron chi connectivity index (χ4n) is 4.54. The molecule has 11 nitrogen and oxygen atoms in total. The smallest absolute Gasteiger partial charge is 0.417 e. The number of sulfone groups is 1. The van der Waals surface area contributed by atoms with Crippen molar-refractivity contribution in [1.82, 2.24) is 10.6 Å². The number of carbonyl (C=O) groups excluding carboxylic acids is 3. The first-order valence-corrected chi connectivity index (χ1v) is 15.8. The molecule has 1 fully saturated rings. The number of benzene rings is 2. The van der Waals surface area contributed by atoms with E-state index >= 15 is 0 Å². The number of anilines is 1. The molecule has 3 atom stereocenters. The molecule has 1 aliphatic rings. The normalized spacial score (nSPS) is 19.0. The second-order valence-electron chi connectivity index (χ2n) is 9.96. The Labute approximate surface area is 257 Å². The largest absolute Gasteiger partial charge is 0.573 e. The lowest BCUT2D eigenvalue weighted by atomic mass is 9.83. The van der Waals surface area contributed by atoms with Crippen molar-refractivity contribution in [3.05, 3.63) is 42.0 Å². The Bertz CT molecular complexity index is 1520. The van der Waals surface area contributed by atoms with Crippen LogP contribution >= 0.6 is 11.8 Å². The van der Waals surface area contributed by atoms with Crippen molar-refractivity contribution in [3.8, 4) is 11.5 Å². The van der Waals surface area contributed by atoms with Gasteiger partial charge in [-0.2, -0.15) is 13.2 Å². The number of amides is 2. The van der Waals surface area contributed by atoms with Gasteiger partial charge >= 0.3 is 18.5 Å². The van der Waals surface area contributed by atoms with Crippen LogP contribution in [0.15, 0.2) is 46.2 Å². The highest BCUT2D eigenvalue weighted by Gasteiger charge is 2.42. The molecule has 19 heteroatoms. The van der Waals surface area contributed by atoms with Gasteiger partial charge in [0.05, 0.1) is 28.4 Å². The van der Waals surface area contributed by atoms with Crippen molar-refractivity contribution in [1.29, 1.82) is 0 Å². The van der Waals surface area contributed by atoms with Crippen LogP contribution in [0.5, 0.6) is 11.5 Å². The number of alkyl halides is 6.